The smallest absolute Gasteiger partial charge is 0.369 e. The van der Waals surface area contributed by atoms with Crippen molar-refractivity contribution < 1.29 is 37.1 Å². The Balaban J connectivity index is 1.23. The van der Waals surface area contributed by atoms with E-state index in [1.165, 1.54) is 46.2 Å². The van der Waals surface area contributed by atoms with Crippen LogP contribution < -0.4 is 15.5 Å². The van der Waals surface area contributed by atoms with Gasteiger partial charge in [-0.25, -0.2) is 19.0 Å². The van der Waals surface area contributed by atoms with Crippen molar-refractivity contribution in [3.63, 3.8) is 0 Å². The number of likely N-dealkylation sites (tertiary alicyclic amines) is 1. The number of aliphatic imine (C=N–C) groups is 1. The van der Waals surface area contributed by atoms with E-state index < -0.39 is 54.9 Å². The quantitative estimate of drug-likeness (QED) is 0.368. The third kappa shape index (κ3) is 6.05. The Bertz CT molecular complexity index is 1670. The molecule has 45 heavy (non-hydrogen) atoms. The number of anilines is 2. The van der Waals surface area contributed by atoms with Crippen LogP contribution in [0.3, 0.4) is 0 Å². The summed E-state index contributed by atoms with van der Waals surface area (Å²) in [5.41, 5.74) is 1.39. The lowest BCUT2D eigenvalue weighted by Gasteiger charge is -2.43. The Morgan fingerprint density at radius 1 is 1.00 bits per heavy atom. The largest absolute Gasteiger partial charge is 0.406 e. The van der Waals surface area contributed by atoms with Crippen molar-refractivity contribution >= 4 is 35.1 Å². The van der Waals surface area contributed by atoms with Gasteiger partial charge in [0.1, 0.15) is 12.4 Å². The monoisotopic (exact) mass is 624 g/mol. The van der Waals surface area contributed by atoms with Gasteiger partial charge in [-0.3, -0.25) is 14.6 Å². The number of alkyl halides is 3. The van der Waals surface area contributed by atoms with Crippen LogP contribution in [0.2, 0.25) is 0 Å². The van der Waals surface area contributed by atoms with Crippen molar-refractivity contribution in [2.24, 2.45) is 4.99 Å². The highest BCUT2D eigenvalue weighted by molar-refractivity contribution is 6.20. The fourth-order valence-electron chi connectivity index (χ4n) is 5.93. The number of piperidine rings is 1. The van der Waals surface area contributed by atoms with E-state index in [9.17, 15) is 37.1 Å². The molecule has 1 fully saturated rings. The van der Waals surface area contributed by atoms with Crippen LogP contribution in [-0.2, 0) is 4.79 Å². The number of hydrogen-bond donors (Lipinski definition) is 3. The van der Waals surface area contributed by atoms with Gasteiger partial charge in [-0.1, -0.05) is 48.5 Å². The number of benzodiazepines with no additional fused rings is 1. The number of nitrogens with zero attached hydrogens (tertiary/aromatic N) is 4. The van der Waals surface area contributed by atoms with Crippen LogP contribution in [0.15, 0.2) is 77.8 Å². The van der Waals surface area contributed by atoms with Crippen molar-refractivity contribution in [2.75, 3.05) is 29.9 Å². The maximum absolute atomic E-state index is 14.2. The summed E-state index contributed by atoms with van der Waals surface area (Å²) in [6, 6.07) is 16.4. The van der Waals surface area contributed by atoms with E-state index in [-0.39, 0.29) is 35.6 Å². The molecule has 3 aromatic rings. The number of benzene rings is 3. The minimum atomic E-state index is -4.77. The average Bonchev–Trinajstić information content (AvgIpc) is 3.11. The van der Waals surface area contributed by atoms with Crippen molar-refractivity contribution in [3.05, 3.63) is 95.3 Å². The summed E-state index contributed by atoms with van der Waals surface area (Å²) in [4.78, 5) is 47.4. The lowest BCUT2D eigenvalue weighted by atomic mass is 10.00. The van der Waals surface area contributed by atoms with Crippen LogP contribution >= 0.6 is 0 Å². The Labute approximate surface area is 254 Å². The van der Waals surface area contributed by atoms with E-state index in [2.05, 4.69) is 15.6 Å². The first-order chi connectivity index (χ1) is 21.5. The van der Waals surface area contributed by atoms with Gasteiger partial charge in [0, 0.05) is 35.8 Å². The molecule has 3 aliphatic rings. The molecular weight excluding hydrogens is 596 g/mol. The predicted octanol–water partition coefficient (Wildman–Crippen LogP) is 4.61. The van der Waals surface area contributed by atoms with Gasteiger partial charge in [0.05, 0.1) is 17.1 Å². The molecule has 2 unspecified atom stereocenters. The molecule has 0 radical (unpaired) electrons. The molecule has 3 heterocycles. The second kappa shape index (κ2) is 11.8. The van der Waals surface area contributed by atoms with Crippen LogP contribution in [0.5, 0.6) is 0 Å². The number of amides is 5. The van der Waals surface area contributed by atoms with Crippen molar-refractivity contribution in [2.45, 2.75) is 37.5 Å². The van der Waals surface area contributed by atoms with E-state index in [1.807, 2.05) is 0 Å². The van der Waals surface area contributed by atoms with Crippen LogP contribution in [0, 0.1) is 5.82 Å². The maximum atomic E-state index is 14.2. The number of urea groups is 2. The first-order valence-electron chi connectivity index (χ1n) is 14.2. The Kier molecular flexibility index (Phi) is 7.91. The van der Waals surface area contributed by atoms with E-state index in [0.29, 0.717) is 29.0 Å². The van der Waals surface area contributed by atoms with E-state index in [1.54, 1.807) is 30.3 Å². The van der Waals surface area contributed by atoms with Gasteiger partial charge in [-0.2, -0.15) is 13.2 Å². The molecule has 0 spiro atoms. The fourth-order valence-corrected chi connectivity index (χ4v) is 5.93. The highest BCUT2D eigenvalue weighted by Gasteiger charge is 2.42. The number of fused-ring (bicyclic) bond motifs is 2. The molecule has 10 nitrogen and oxygen atoms in total. The summed E-state index contributed by atoms with van der Waals surface area (Å²) < 4.78 is 55.3. The summed E-state index contributed by atoms with van der Waals surface area (Å²) in [5, 5.41) is 16.2. The van der Waals surface area contributed by atoms with Gasteiger partial charge in [0.2, 0.25) is 6.17 Å². The zero-order valence-corrected chi connectivity index (χ0v) is 23.7. The van der Waals surface area contributed by atoms with Crippen LogP contribution in [0.4, 0.5) is 38.5 Å². The molecule has 234 valence electrons. The normalized spacial score (nSPS) is 20.6. The molecule has 1 saturated heterocycles. The minimum absolute atomic E-state index is 0.0394. The Morgan fingerprint density at radius 3 is 2.44 bits per heavy atom. The molecular formula is C31H28F4N6O4. The van der Waals surface area contributed by atoms with E-state index >= 15 is 0 Å². The van der Waals surface area contributed by atoms with Gasteiger partial charge < -0.3 is 20.6 Å². The number of carbonyl (C=O) groups is 3. The van der Waals surface area contributed by atoms with Crippen LogP contribution in [0.1, 0.15) is 35.8 Å². The second-order valence-corrected chi connectivity index (χ2v) is 10.9. The first-order valence-corrected chi connectivity index (χ1v) is 14.2. The number of hydrogen-bond acceptors (Lipinski definition) is 5. The number of nitrogens with one attached hydrogen (secondary N) is 2. The molecule has 0 aliphatic carbocycles. The van der Waals surface area contributed by atoms with Crippen molar-refractivity contribution in [3.8, 4) is 0 Å². The zero-order chi connectivity index (χ0) is 31.9. The topological polar surface area (TPSA) is 118 Å². The summed E-state index contributed by atoms with van der Waals surface area (Å²) in [7, 11) is 0. The van der Waals surface area contributed by atoms with Crippen LogP contribution in [0.25, 0.3) is 0 Å². The van der Waals surface area contributed by atoms with E-state index in [4.69, 9.17) is 0 Å². The van der Waals surface area contributed by atoms with E-state index in [0.717, 1.165) is 6.07 Å². The Morgan fingerprint density at radius 2 is 1.71 bits per heavy atom. The molecule has 0 bridgehead atoms. The number of carbonyl (C=O) groups excluding carboxylic acids is 3. The number of rotatable bonds is 4. The second-order valence-electron chi connectivity index (χ2n) is 10.9. The SMILES string of the molecule is O=C(NC1N=C(c2cccc(F)c2)c2ccccc2N(CC(F)(F)F)C1=O)N1CCC(N2C(=O)Nc3ccccc3C2O)CC1. The third-order valence-electron chi connectivity index (χ3n) is 8.03. The zero-order valence-electron chi connectivity index (χ0n) is 23.7. The molecule has 2 atom stereocenters. The predicted molar refractivity (Wildman–Crippen MR) is 156 cm³/mol. The highest BCUT2D eigenvalue weighted by Crippen LogP contribution is 2.35. The molecule has 5 amide bonds. The Hall–Kier alpha value is -4.98. The molecule has 0 aromatic heterocycles. The average molecular weight is 625 g/mol. The summed E-state index contributed by atoms with van der Waals surface area (Å²) in [6.07, 6.45) is -7.12. The molecule has 3 aliphatic heterocycles. The molecule has 3 aromatic carbocycles. The molecule has 6 rings (SSSR count). The van der Waals surface area contributed by atoms with Crippen molar-refractivity contribution in [1.29, 1.82) is 0 Å². The maximum Gasteiger partial charge on any atom is 0.406 e. The molecule has 14 heteroatoms. The number of halogens is 4. The number of aliphatic hydroxyl groups is 1. The summed E-state index contributed by atoms with van der Waals surface area (Å²) in [5.74, 6) is -1.73. The first kappa shape index (κ1) is 30.1. The van der Waals surface area contributed by atoms with Gasteiger partial charge in [-0.15, -0.1) is 0 Å². The number of aliphatic hydroxyl groups excluding tert-OH is 1. The minimum Gasteiger partial charge on any atom is -0.369 e. The third-order valence-corrected chi connectivity index (χ3v) is 8.03. The van der Waals surface area contributed by atoms with Gasteiger partial charge in [0.25, 0.3) is 5.91 Å². The summed E-state index contributed by atoms with van der Waals surface area (Å²) in [6.45, 7) is -1.37. The highest BCUT2D eigenvalue weighted by atomic mass is 19.4. The summed E-state index contributed by atoms with van der Waals surface area (Å²) >= 11 is 0. The standard InChI is InChI=1S/C31H28F4N6O4/c32-19-7-5-6-18(16-19)25-22-9-2-4-11-24(22)40(17-31(33,34)35)28(43)26(37-25)38-29(44)39-14-12-20(13-15-39)41-27(42)21-8-1-3-10-23(21)36-30(41)45/h1-11,16,20,26-27,42H,12-15,17H2,(H,36,45)(H,38,44). The van der Waals surface area contributed by atoms with Crippen LogP contribution in [-0.4, -0.2) is 76.6 Å². The van der Waals surface area contributed by atoms with Gasteiger partial charge in [0.15, 0.2) is 6.23 Å². The lowest BCUT2D eigenvalue weighted by Crippen LogP contribution is -2.56. The molecule has 0 saturated carbocycles. The number of para-hydroxylation sites is 2. The van der Waals surface area contributed by atoms with Gasteiger partial charge >= 0.3 is 18.2 Å². The van der Waals surface area contributed by atoms with Crippen molar-refractivity contribution in [1.82, 2.24) is 15.1 Å². The van der Waals surface area contributed by atoms with Gasteiger partial charge in [-0.05, 0) is 37.1 Å². The lowest BCUT2D eigenvalue weighted by molar-refractivity contribution is -0.133. The molecule has 3 N–H and O–H groups in total. The fraction of sp³-hybridized carbons (Fsp3) is 0.290.